The number of nitrogens with one attached hydrogen (secondary N) is 1. The molecule has 0 spiro atoms. The SMILES string of the molecule is O=C(O)CC[C@H](NC(=O)c1c(-c2ccccc2F)c2cc(Cl)ccc2n1Cc1cccc(Cl)c1)C(=O)O. The minimum atomic E-state index is -1.47. The Labute approximate surface area is 221 Å². The highest BCUT2D eigenvalue weighted by Crippen LogP contribution is 2.38. The van der Waals surface area contributed by atoms with Crippen molar-refractivity contribution in [1.29, 1.82) is 0 Å². The molecule has 0 bridgehead atoms. The molecule has 1 atom stereocenters. The van der Waals surface area contributed by atoms with Crippen molar-refractivity contribution in [3.05, 3.63) is 93.8 Å². The smallest absolute Gasteiger partial charge is 0.326 e. The van der Waals surface area contributed by atoms with Gasteiger partial charge in [-0.15, -0.1) is 0 Å². The molecule has 3 aromatic carbocycles. The van der Waals surface area contributed by atoms with Crippen molar-refractivity contribution in [1.82, 2.24) is 9.88 Å². The van der Waals surface area contributed by atoms with Crippen LogP contribution < -0.4 is 5.32 Å². The highest BCUT2D eigenvalue weighted by atomic mass is 35.5. The molecule has 0 aliphatic rings. The topological polar surface area (TPSA) is 109 Å². The number of nitrogens with zero attached hydrogens (tertiary/aromatic N) is 1. The molecule has 0 saturated carbocycles. The molecule has 37 heavy (non-hydrogen) atoms. The predicted molar refractivity (Wildman–Crippen MR) is 139 cm³/mol. The molecule has 4 aromatic rings. The molecule has 0 unspecified atom stereocenters. The van der Waals surface area contributed by atoms with Crippen LogP contribution in [0.4, 0.5) is 4.39 Å². The molecular formula is C27H21Cl2FN2O5. The zero-order valence-corrected chi connectivity index (χ0v) is 20.8. The number of aromatic nitrogens is 1. The first-order valence-electron chi connectivity index (χ1n) is 11.2. The molecule has 1 aromatic heterocycles. The zero-order valence-electron chi connectivity index (χ0n) is 19.2. The van der Waals surface area contributed by atoms with E-state index in [0.717, 1.165) is 5.56 Å². The van der Waals surface area contributed by atoms with Crippen LogP contribution >= 0.6 is 23.2 Å². The van der Waals surface area contributed by atoms with Crippen LogP contribution in [0.2, 0.25) is 10.0 Å². The van der Waals surface area contributed by atoms with Gasteiger partial charge in [0.05, 0.1) is 0 Å². The lowest BCUT2D eigenvalue weighted by molar-refractivity contribution is -0.140. The van der Waals surface area contributed by atoms with E-state index in [1.54, 1.807) is 47.0 Å². The summed E-state index contributed by atoms with van der Waals surface area (Å²) in [5.74, 6) is -3.97. The average Bonchev–Trinajstić information content (AvgIpc) is 3.14. The highest BCUT2D eigenvalue weighted by Gasteiger charge is 2.29. The van der Waals surface area contributed by atoms with E-state index in [2.05, 4.69) is 5.32 Å². The number of benzene rings is 3. The third-order valence-corrected chi connectivity index (χ3v) is 6.33. The molecule has 1 amide bonds. The Kier molecular flexibility index (Phi) is 7.80. The Morgan fingerprint density at radius 1 is 0.946 bits per heavy atom. The summed E-state index contributed by atoms with van der Waals surface area (Å²) in [7, 11) is 0. The summed E-state index contributed by atoms with van der Waals surface area (Å²) in [6.07, 6.45) is -0.787. The number of amides is 1. The molecule has 190 valence electrons. The van der Waals surface area contributed by atoms with Gasteiger partial charge < -0.3 is 20.1 Å². The summed E-state index contributed by atoms with van der Waals surface area (Å²) in [6.45, 7) is 0.156. The number of fused-ring (bicyclic) bond motifs is 1. The van der Waals surface area contributed by atoms with Crippen LogP contribution in [-0.2, 0) is 16.1 Å². The lowest BCUT2D eigenvalue weighted by Gasteiger charge is -2.17. The number of carbonyl (C=O) groups excluding carboxylic acids is 1. The second-order valence-electron chi connectivity index (χ2n) is 8.38. The molecule has 7 nitrogen and oxygen atoms in total. The minimum Gasteiger partial charge on any atom is -0.481 e. The van der Waals surface area contributed by atoms with Crippen LogP contribution in [0, 0.1) is 5.82 Å². The maximum absolute atomic E-state index is 15.1. The maximum atomic E-state index is 15.1. The number of rotatable bonds is 9. The second-order valence-corrected chi connectivity index (χ2v) is 9.25. The standard InChI is InChI=1S/C27H21Cl2FN2O5/c28-16-5-3-4-15(12-16)14-32-22-10-8-17(29)13-19(22)24(18-6-1-2-7-20(18)30)25(32)26(35)31-21(27(36)37)9-11-23(33)34/h1-8,10,12-13,21H,9,11,14H2,(H,31,35)(H,33,34)(H,36,37)/t21-/m0/s1. The van der Waals surface area contributed by atoms with Gasteiger partial charge in [-0.05, 0) is 48.4 Å². The fraction of sp³-hybridized carbons (Fsp3) is 0.148. The van der Waals surface area contributed by atoms with Gasteiger partial charge in [-0.1, -0.05) is 53.5 Å². The number of aliphatic carboxylic acids is 2. The van der Waals surface area contributed by atoms with Crippen LogP contribution in [0.25, 0.3) is 22.0 Å². The van der Waals surface area contributed by atoms with E-state index in [1.165, 1.54) is 18.2 Å². The highest BCUT2D eigenvalue weighted by molar-refractivity contribution is 6.31. The fourth-order valence-electron chi connectivity index (χ4n) is 4.23. The van der Waals surface area contributed by atoms with Gasteiger partial charge in [-0.3, -0.25) is 9.59 Å². The Hall–Kier alpha value is -3.88. The molecule has 10 heteroatoms. The fourth-order valence-corrected chi connectivity index (χ4v) is 4.62. The molecule has 0 fully saturated rings. The van der Waals surface area contributed by atoms with Crippen molar-refractivity contribution < 1.29 is 29.0 Å². The summed E-state index contributed by atoms with van der Waals surface area (Å²) in [6, 6.07) is 16.4. The van der Waals surface area contributed by atoms with Crippen molar-refractivity contribution >= 4 is 52.0 Å². The van der Waals surface area contributed by atoms with Crippen molar-refractivity contribution in [3.63, 3.8) is 0 Å². The lowest BCUT2D eigenvalue weighted by atomic mass is 10.0. The largest absolute Gasteiger partial charge is 0.481 e. The van der Waals surface area contributed by atoms with E-state index in [4.69, 9.17) is 28.3 Å². The number of carbonyl (C=O) groups is 3. The normalized spacial score (nSPS) is 11.9. The van der Waals surface area contributed by atoms with Crippen LogP contribution in [-0.4, -0.2) is 38.7 Å². The van der Waals surface area contributed by atoms with Gasteiger partial charge in [-0.2, -0.15) is 0 Å². The third kappa shape index (κ3) is 5.76. The van der Waals surface area contributed by atoms with E-state index >= 15 is 4.39 Å². The van der Waals surface area contributed by atoms with Crippen molar-refractivity contribution in [3.8, 4) is 11.1 Å². The van der Waals surface area contributed by atoms with E-state index in [0.29, 0.717) is 20.9 Å². The minimum absolute atomic E-state index is 0.00363. The van der Waals surface area contributed by atoms with Gasteiger partial charge in [-0.25, -0.2) is 9.18 Å². The molecule has 0 aliphatic carbocycles. The number of hydrogen-bond donors (Lipinski definition) is 3. The quantitative estimate of drug-likeness (QED) is 0.246. The lowest BCUT2D eigenvalue weighted by Crippen LogP contribution is -2.42. The summed E-state index contributed by atoms with van der Waals surface area (Å²) in [4.78, 5) is 36.5. The maximum Gasteiger partial charge on any atom is 0.326 e. The number of halogens is 3. The van der Waals surface area contributed by atoms with Gasteiger partial charge >= 0.3 is 11.9 Å². The number of carboxylic acids is 2. The Morgan fingerprint density at radius 2 is 1.68 bits per heavy atom. The van der Waals surface area contributed by atoms with Gasteiger partial charge in [0.25, 0.3) is 5.91 Å². The molecular weight excluding hydrogens is 522 g/mol. The summed E-state index contributed by atoms with van der Waals surface area (Å²) >= 11 is 12.5. The summed E-state index contributed by atoms with van der Waals surface area (Å²) in [5, 5.41) is 22.4. The van der Waals surface area contributed by atoms with Gasteiger partial charge in [0.15, 0.2) is 0 Å². The number of carboxylic acid groups (broad SMARTS) is 2. The summed E-state index contributed by atoms with van der Waals surface area (Å²) in [5.41, 5.74) is 1.67. The first kappa shape index (κ1) is 26.2. The van der Waals surface area contributed by atoms with Crippen molar-refractivity contribution in [2.75, 3.05) is 0 Å². The van der Waals surface area contributed by atoms with E-state index < -0.39 is 36.1 Å². The van der Waals surface area contributed by atoms with Gasteiger partial charge in [0.2, 0.25) is 0 Å². The van der Waals surface area contributed by atoms with Gasteiger partial charge in [0, 0.05) is 45.0 Å². The van der Waals surface area contributed by atoms with Crippen molar-refractivity contribution in [2.24, 2.45) is 0 Å². The zero-order chi connectivity index (χ0) is 26.7. The predicted octanol–water partition coefficient (Wildman–Crippen LogP) is 5.85. The molecule has 3 N–H and O–H groups in total. The molecule has 1 heterocycles. The molecule has 4 rings (SSSR count). The van der Waals surface area contributed by atoms with Gasteiger partial charge in [0.1, 0.15) is 17.6 Å². The first-order chi connectivity index (χ1) is 17.7. The first-order valence-corrected chi connectivity index (χ1v) is 12.0. The van der Waals surface area contributed by atoms with Crippen LogP contribution in [0.1, 0.15) is 28.9 Å². The van der Waals surface area contributed by atoms with Crippen LogP contribution in [0.5, 0.6) is 0 Å². The summed E-state index contributed by atoms with van der Waals surface area (Å²) < 4.78 is 16.7. The van der Waals surface area contributed by atoms with Crippen molar-refractivity contribution in [2.45, 2.75) is 25.4 Å². The van der Waals surface area contributed by atoms with E-state index in [9.17, 15) is 19.5 Å². The Morgan fingerprint density at radius 3 is 2.35 bits per heavy atom. The second kappa shape index (κ2) is 11.0. The van der Waals surface area contributed by atoms with Crippen LogP contribution in [0.3, 0.4) is 0 Å². The monoisotopic (exact) mass is 542 g/mol. The molecule has 0 saturated heterocycles. The molecule has 0 radical (unpaired) electrons. The molecule has 0 aliphatic heterocycles. The Bertz CT molecular complexity index is 1520. The number of hydrogen-bond acceptors (Lipinski definition) is 3. The van der Waals surface area contributed by atoms with E-state index in [-0.39, 0.29) is 29.8 Å². The third-order valence-electron chi connectivity index (χ3n) is 5.86. The van der Waals surface area contributed by atoms with E-state index in [1.807, 2.05) is 6.07 Å². The average molecular weight is 543 g/mol. The Balaban J connectivity index is 1.95. The van der Waals surface area contributed by atoms with Crippen LogP contribution in [0.15, 0.2) is 66.7 Å².